The molecule has 0 amide bonds. The van der Waals surface area contributed by atoms with Crippen LogP contribution in [0.1, 0.15) is 16.7 Å². The number of nitrogens with zero attached hydrogens (tertiary/aromatic N) is 3. The van der Waals surface area contributed by atoms with Gasteiger partial charge < -0.3 is 4.74 Å². The molecule has 23 heavy (non-hydrogen) atoms. The molecule has 0 aliphatic heterocycles. The van der Waals surface area contributed by atoms with Crippen molar-refractivity contribution in [3.63, 3.8) is 0 Å². The summed E-state index contributed by atoms with van der Waals surface area (Å²) < 4.78 is 7.08. The summed E-state index contributed by atoms with van der Waals surface area (Å²) in [7, 11) is 3.53. The van der Waals surface area contributed by atoms with Crippen LogP contribution >= 0.6 is 11.6 Å². The van der Waals surface area contributed by atoms with Gasteiger partial charge in [0, 0.05) is 24.4 Å². The summed E-state index contributed by atoms with van der Waals surface area (Å²) in [4.78, 5) is 4.18. The summed E-state index contributed by atoms with van der Waals surface area (Å²) in [5, 5.41) is 4.87. The van der Waals surface area contributed by atoms with Gasteiger partial charge in [0.2, 0.25) is 5.88 Å². The van der Waals surface area contributed by atoms with Crippen molar-refractivity contribution >= 4 is 11.6 Å². The normalized spacial score (nSPS) is 10.8. The number of aromatic nitrogens is 3. The predicted octanol–water partition coefficient (Wildman–Crippen LogP) is 4.04. The Labute approximate surface area is 140 Å². The number of methoxy groups -OCH3 is 1. The fourth-order valence-electron chi connectivity index (χ4n) is 2.57. The lowest BCUT2D eigenvalue weighted by Crippen LogP contribution is -1.98. The fourth-order valence-corrected chi connectivity index (χ4v) is 2.78. The number of benzene rings is 1. The van der Waals surface area contributed by atoms with E-state index in [2.05, 4.69) is 34.3 Å². The molecule has 2 aromatic heterocycles. The lowest BCUT2D eigenvalue weighted by atomic mass is 10.0. The SMILES string of the molecule is COc1nc(Cl)cc(Cc2ccc(-c3ccn(C)n3)cc2)c1C. The molecule has 3 rings (SSSR count). The van der Waals surface area contributed by atoms with Gasteiger partial charge in [-0.1, -0.05) is 35.9 Å². The highest BCUT2D eigenvalue weighted by atomic mass is 35.5. The van der Waals surface area contributed by atoms with Crippen LogP contribution < -0.4 is 4.74 Å². The monoisotopic (exact) mass is 327 g/mol. The summed E-state index contributed by atoms with van der Waals surface area (Å²) in [5.74, 6) is 0.581. The molecule has 4 nitrogen and oxygen atoms in total. The van der Waals surface area contributed by atoms with Gasteiger partial charge in [-0.3, -0.25) is 4.68 Å². The first-order chi connectivity index (χ1) is 11.1. The smallest absolute Gasteiger partial charge is 0.217 e. The topological polar surface area (TPSA) is 39.9 Å². The number of ether oxygens (including phenoxy) is 1. The molecule has 2 heterocycles. The Bertz CT molecular complexity index is 825. The maximum absolute atomic E-state index is 6.07. The van der Waals surface area contributed by atoms with Gasteiger partial charge in [-0.15, -0.1) is 0 Å². The van der Waals surface area contributed by atoms with Gasteiger partial charge in [-0.2, -0.15) is 5.10 Å². The summed E-state index contributed by atoms with van der Waals surface area (Å²) in [6.07, 6.45) is 2.73. The van der Waals surface area contributed by atoms with Crippen LogP contribution in [0.3, 0.4) is 0 Å². The number of rotatable bonds is 4. The lowest BCUT2D eigenvalue weighted by molar-refractivity contribution is 0.394. The van der Waals surface area contributed by atoms with Crippen LogP contribution in [0.15, 0.2) is 42.6 Å². The van der Waals surface area contributed by atoms with E-state index in [0.717, 1.165) is 28.8 Å². The average Bonchev–Trinajstić information content (AvgIpc) is 2.98. The lowest BCUT2D eigenvalue weighted by Gasteiger charge is -2.10. The molecule has 0 spiro atoms. The van der Waals surface area contributed by atoms with Crippen LogP contribution in [0, 0.1) is 6.92 Å². The maximum atomic E-state index is 6.07. The number of pyridine rings is 1. The van der Waals surface area contributed by atoms with Gasteiger partial charge in [0.25, 0.3) is 0 Å². The highest BCUT2D eigenvalue weighted by molar-refractivity contribution is 6.29. The minimum absolute atomic E-state index is 0.451. The van der Waals surface area contributed by atoms with Gasteiger partial charge >= 0.3 is 0 Å². The van der Waals surface area contributed by atoms with Crippen molar-refractivity contribution in [3.8, 4) is 17.1 Å². The Balaban J connectivity index is 1.85. The van der Waals surface area contributed by atoms with Crippen LogP contribution in [-0.4, -0.2) is 21.9 Å². The molecule has 0 aliphatic carbocycles. The Morgan fingerprint density at radius 2 is 1.91 bits per heavy atom. The third-order valence-electron chi connectivity index (χ3n) is 3.86. The standard InChI is InChI=1S/C18H18ClN3O/c1-12-15(11-17(19)20-18(12)23-3)10-13-4-6-14(7-5-13)16-8-9-22(2)21-16/h4-9,11H,10H2,1-3H3. The van der Waals surface area contributed by atoms with Gasteiger partial charge in [0.15, 0.2) is 0 Å². The van der Waals surface area contributed by atoms with E-state index in [1.54, 1.807) is 11.8 Å². The zero-order valence-electron chi connectivity index (χ0n) is 13.4. The fraction of sp³-hybridized carbons (Fsp3) is 0.222. The Morgan fingerprint density at radius 1 is 1.17 bits per heavy atom. The number of aryl methyl sites for hydroxylation is 1. The van der Waals surface area contributed by atoms with Gasteiger partial charge in [0.1, 0.15) is 5.15 Å². The Kier molecular flexibility index (Phi) is 4.35. The number of hydrogen-bond acceptors (Lipinski definition) is 3. The molecule has 3 aromatic rings. The quantitative estimate of drug-likeness (QED) is 0.679. The number of hydrogen-bond donors (Lipinski definition) is 0. The second-order valence-electron chi connectivity index (χ2n) is 5.49. The van der Waals surface area contributed by atoms with E-state index >= 15 is 0 Å². The predicted molar refractivity (Wildman–Crippen MR) is 92.0 cm³/mol. The molecule has 0 radical (unpaired) electrons. The van der Waals surface area contributed by atoms with Crippen molar-refractivity contribution in [1.29, 1.82) is 0 Å². The summed E-state index contributed by atoms with van der Waals surface area (Å²) >= 11 is 6.07. The van der Waals surface area contributed by atoms with Crippen LogP contribution in [0.5, 0.6) is 5.88 Å². The second-order valence-corrected chi connectivity index (χ2v) is 5.87. The third-order valence-corrected chi connectivity index (χ3v) is 4.05. The van der Waals surface area contributed by atoms with Crippen molar-refractivity contribution in [2.75, 3.05) is 7.11 Å². The molecule has 1 aromatic carbocycles. The second kappa shape index (κ2) is 6.42. The average molecular weight is 328 g/mol. The van der Waals surface area contributed by atoms with Crippen LogP contribution in [0.4, 0.5) is 0 Å². The largest absolute Gasteiger partial charge is 0.481 e. The molecule has 0 saturated heterocycles. The van der Waals surface area contributed by atoms with E-state index < -0.39 is 0 Å². The van der Waals surface area contributed by atoms with Gasteiger partial charge in [0.05, 0.1) is 12.8 Å². The molecule has 0 unspecified atom stereocenters. The molecule has 0 bridgehead atoms. The first-order valence-electron chi connectivity index (χ1n) is 7.36. The first kappa shape index (κ1) is 15.6. The molecular formula is C18H18ClN3O. The maximum Gasteiger partial charge on any atom is 0.217 e. The highest BCUT2D eigenvalue weighted by Gasteiger charge is 2.10. The first-order valence-corrected chi connectivity index (χ1v) is 7.73. The Morgan fingerprint density at radius 3 is 2.52 bits per heavy atom. The van der Waals surface area contributed by atoms with E-state index in [9.17, 15) is 0 Å². The van der Waals surface area contributed by atoms with Gasteiger partial charge in [-0.25, -0.2) is 4.98 Å². The zero-order chi connectivity index (χ0) is 16.4. The van der Waals surface area contributed by atoms with E-state index in [1.165, 1.54) is 5.56 Å². The summed E-state index contributed by atoms with van der Waals surface area (Å²) in [6, 6.07) is 12.3. The Hall–Kier alpha value is -2.33. The number of halogens is 1. The third kappa shape index (κ3) is 3.37. The summed E-state index contributed by atoms with van der Waals surface area (Å²) in [5.41, 5.74) is 5.43. The van der Waals surface area contributed by atoms with E-state index in [4.69, 9.17) is 16.3 Å². The van der Waals surface area contributed by atoms with Crippen LogP contribution in [0.2, 0.25) is 5.15 Å². The minimum Gasteiger partial charge on any atom is -0.481 e. The molecule has 0 fully saturated rings. The van der Waals surface area contributed by atoms with Crippen molar-refractivity contribution < 1.29 is 4.74 Å². The molecule has 0 saturated carbocycles. The van der Waals surface area contributed by atoms with Crippen molar-refractivity contribution in [1.82, 2.24) is 14.8 Å². The molecule has 5 heteroatoms. The van der Waals surface area contributed by atoms with Crippen molar-refractivity contribution in [3.05, 3.63) is 64.4 Å². The molecular weight excluding hydrogens is 310 g/mol. The van der Waals surface area contributed by atoms with Crippen LogP contribution in [0.25, 0.3) is 11.3 Å². The molecule has 118 valence electrons. The van der Waals surface area contributed by atoms with Crippen LogP contribution in [-0.2, 0) is 13.5 Å². The molecule has 0 N–H and O–H groups in total. The zero-order valence-corrected chi connectivity index (χ0v) is 14.1. The van der Waals surface area contributed by atoms with Gasteiger partial charge in [-0.05, 0) is 36.6 Å². The summed E-state index contributed by atoms with van der Waals surface area (Å²) in [6.45, 7) is 2.00. The molecule has 0 aliphatic rings. The van der Waals surface area contributed by atoms with E-state index in [1.807, 2.05) is 32.3 Å². The highest BCUT2D eigenvalue weighted by Crippen LogP contribution is 2.25. The van der Waals surface area contributed by atoms with Crippen molar-refractivity contribution in [2.45, 2.75) is 13.3 Å². The van der Waals surface area contributed by atoms with Crippen molar-refractivity contribution in [2.24, 2.45) is 7.05 Å². The minimum atomic E-state index is 0.451. The van der Waals surface area contributed by atoms with E-state index in [-0.39, 0.29) is 0 Å². The van der Waals surface area contributed by atoms with E-state index in [0.29, 0.717) is 11.0 Å². The molecule has 0 atom stereocenters.